The molecule has 0 bridgehead atoms. The van der Waals surface area contributed by atoms with E-state index in [0.29, 0.717) is 6.61 Å². The van der Waals surface area contributed by atoms with Crippen molar-refractivity contribution in [3.05, 3.63) is 29.3 Å². The SMILES string of the molecule is Cc1cccc2c1C[C@@H](N)CO2. The van der Waals surface area contributed by atoms with Gasteiger partial charge in [0.25, 0.3) is 0 Å². The van der Waals surface area contributed by atoms with Crippen LogP contribution >= 0.6 is 0 Å². The Labute approximate surface area is 72.3 Å². The lowest BCUT2D eigenvalue weighted by molar-refractivity contribution is 0.263. The minimum absolute atomic E-state index is 0.165. The molecule has 2 nitrogen and oxygen atoms in total. The molecule has 0 spiro atoms. The lowest BCUT2D eigenvalue weighted by atomic mass is 9.99. The van der Waals surface area contributed by atoms with Crippen LogP contribution in [0.5, 0.6) is 5.75 Å². The second-order valence-electron chi connectivity index (χ2n) is 3.33. The zero-order chi connectivity index (χ0) is 8.55. The van der Waals surface area contributed by atoms with Gasteiger partial charge in [-0.25, -0.2) is 0 Å². The summed E-state index contributed by atoms with van der Waals surface area (Å²) >= 11 is 0. The predicted molar refractivity (Wildman–Crippen MR) is 48.4 cm³/mol. The Morgan fingerprint density at radius 1 is 1.50 bits per heavy atom. The first kappa shape index (κ1) is 7.62. The van der Waals surface area contributed by atoms with E-state index in [4.69, 9.17) is 10.5 Å². The second kappa shape index (κ2) is 2.79. The number of aryl methyl sites for hydroxylation is 1. The van der Waals surface area contributed by atoms with Gasteiger partial charge in [0.05, 0.1) is 0 Å². The van der Waals surface area contributed by atoms with E-state index in [1.165, 1.54) is 11.1 Å². The van der Waals surface area contributed by atoms with Gasteiger partial charge < -0.3 is 10.5 Å². The second-order valence-corrected chi connectivity index (χ2v) is 3.33. The number of rotatable bonds is 0. The fourth-order valence-corrected chi connectivity index (χ4v) is 1.59. The molecular formula is C10H13NO. The van der Waals surface area contributed by atoms with E-state index in [1.54, 1.807) is 0 Å². The first-order valence-corrected chi connectivity index (χ1v) is 4.24. The molecule has 1 aromatic rings. The van der Waals surface area contributed by atoms with Crippen LogP contribution in [0.4, 0.5) is 0 Å². The standard InChI is InChI=1S/C10H13NO/c1-7-3-2-4-10-9(7)5-8(11)6-12-10/h2-4,8H,5-6,11H2,1H3/t8-/m1/s1. The van der Waals surface area contributed by atoms with Gasteiger partial charge in [-0.1, -0.05) is 12.1 Å². The number of ether oxygens (including phenoxy) is 1. The van der Waals surface area contributed by atoms with E-state index in [2.05, 4.69) is 13.0 Å². The maximum absolute atomic E-state index is 5.79. The molecule has 2 N–H and O–H groups in total. The van der Waals surface area contributed by atoms with E-state index in [-0.39, 0.29) is 6.04 Å². The summed E-state index contributed by atoms with van der Waals surface area (Å²) in [4.78, 5) is 0. The minimum Gasteiger partial charge on any atom is -0.492 e. The van der Waals surface area contributed by atoms with E-state index in [0.717, 1.165) is 12.2 Å². The van der Waals surface area contributed by atoms with Crippen molar-refractivity contribution in [2.24, 2.45) is 5.73 Å². The smallest absolute Gasteiger partial charge is 0.122 e. The predicted octanol–water partition coefficient (Wildman–Crippen LogP) is 1.26. The number of hydrogen-bond acceptors (Lipinski definition) is 2. The van der Waals surface area contributed by atoms with Crippen LogP contribution in [0, 0.1) is 6.92 Å². The number of fused-ring (bicyclic) bond motifs is 1. The highest BCUT2D eigenvalue weighted by Crippen LogP contribution is 2.26. The number of hydrogen-bond donors (Lipinski definition) is 1. The van der Waals surface area contributed by atoms with Crippen LogP contribution in [0.3, 0.4) is 0 Å². The molecular weight excluding hydrogens is 150 g/mol. The van der Waals surface area contributed by atoms with E-state index in [1.807, 2.05) is 12.1 Å². The number of nitrogens with two attached hydrogens (primary N) is 1. The van der Waals surface area contributed by atoms with Crippen molar-refractivity contribution >= 4 is 0 Å². The summed E-state index contributed by atoms with van der Waals surface area (Å²) in [6.07, 6.45) is 0.946. The summed E-state index contributed by atoms with van der Waals surface area (Å²) in [7, 11) is 0. The maximum atomic E-state index is 5.79. The van der Waals surface area contributed by atoms with Crippen molar-refractivity contribution in [3.8, 4) is 5.75 Å². The van der Waals surface area contributed by atoms with Crippen molar-refractivity contribution < 1.29 is 4.74 Å². The molecule has 0 aromatic heterocycles. The molecule has 0 unspecified atom stereocenters. The Morgan fingerprint density at radius 2 is 2.33 bits per heavy atom. The van der Waals surface area contributed by atoms with Crippen LogP contribution in [0.15, 0.2) is 18.2 Å². The normalized spacial score (nSPS) is 21.3. The lowest BCUT2D eigenvalue weighted by Gasteiger charge is -2.23. The molecule has 0 amide bonds. The molecule has 12 heavy (non-hydrogen) atoms. The molecule has 1 heterocycles. The fourth-order valence-electron chi connectivity index (χ4n) is 1.59. The molecule has 0 fully saturated rings. The van der Waals surface area contributed by atoms with Crippen LogP contribution in [0.1, 0.15) is 11.1 Å². The summed E-state index contributed by atoms with van der Waals surface area (Å²) in [5.74, 6) is 1.01. The summed E-state index contributed by atoms with van der Waals surface area (Å²) in [6.45, 7) is 2.75. The fraction of sp³-hybridized carbons (Fsp3) is 0.400. The van der Waals surface area contributed by atoms with Gasteiger partial charge in [-0.2, -0.15) is 0 Å². The Balaban J connectivity index is 2.43. The summed E-state index contributed by atoms with van der Waals surface area (Å²) in [5.41, 5.74) is 8.35. The monoisotopic (exact) mass is 163 g/mol. The molecule has 2 heteroatoms. The Hall–Kier alpha value is -1.02. The maximum Gasteiger partial charge on any atom is 0.122 e. The summed E-state index contributed by atoms with van der Waals surface area (Å²) in [6, 6.07) is 6.29. The van der Waals surface area contributed by atoms with Crippen LogP contribution in [-0.4, -0.2) is 12.6 Å². The molecule has 1 aliphatic heterocycles. The first-order valence-electron chi connectivity index (χ1n) is 4.24. The third kappa shape index (κ3) is 1.18. The largest absolute Gasteiger partial charge is 0.492 e. The van der Waals surface area contributed by atoms with Gasteiger partial charge in [0.2, 0.25) is 0 Å². The highest BCUT2D eigenvalue weighted by molar-refractivity contribution is 5.41. The third-order valence-corrected chi connectivity index (χ3v) is 2.29. The summed E-state index contributed by atoms with van der Waals surface area (Å²) < 4.78 is 5.49. The Morgan fingerprint density at radius 3 is 3.17 bits per heavy atom. The minimum atomic E-state index is 0.165. The molecule has 0 aliphatic carbocycles. The lowest BCUT2D eigenvalue weighted by Crippen LogP contribution is -2.34. The van der Waals surface area contributed by atoms with Gasteiger partial charge in [0, 0.05) is 6.04 Å². The van der Waals surface area contributed by atoms with Crippen LogP contribution < -0.4 is 10.5 Å². The van der Waals surface area contributed by atoms with Crippen molar-refractivity contribution in [3.63, 3.8) is 0 Å². The molecule has 1 atom stereocenters. The van der Waals surface area contributed by atoms with Gasteiger partial charge in [-0.05, 0) is 30.5 Å². The van der Waals surface area contributed by atoms with Crippen LogP contribution in [-0.2, 0) is 6.42 Å². The van der Waals surface area contributed by atoms with Gasteiger partial charge in [-0.3, -0.25) is 0 Å². The quantitative estimate of drug-likeness (QED) is 0.625. The molecule has 0 saturated carbocycles. The molecule has 1 aliphatic rings. The molecule has 64 valence electrons. The zero-order valence-corrected chi connectivity index (χ0v) is 7.21. The van der Waals surface area contributed by atoms with Crippen molar-refractivity contribution in [2.75, 3.05) is 6.61 Å². The van der Waals surface area contributed by atoms with E-state index < -0.39 is 0 Å². The average Bonchev–Trinajstić information content (AvgIpc) is 2.07. The van der Waals surface area contributed by atoms with Gasteiger partial charge in [0.15, 0.2) is 0 Å². The van der Waals surface area contributed by atoms with E-state index in [9.17, 15) is 0 Å². The Kier molecular flexibility index (Phi) is 1.77. The van der Waals surface area contributed by atoms with Crippen LogP contribution in [0.2, 0.25) is 0 Å². The molecule has 0 saturated heterocycles. The molecule has 1 aromatic carbocycles. The first-order chi connectivity index (χ1) is 5.77. The van der Waals surface area contributed by atoms with E-state index >= 15 is 0 Å². The number of benzene rings is 1. The van der Waals surface area contributed by atoms with Crippen LogP contribution in [0.25, 0.3) is 0 Å². The molecule has 0 radical (unpaired) electrons. The molecule has 2 rings (SSSR count). The highest BCUT2D eigenvalue weighted by atomic mass is 16.5. The Bertz CT molecular complexity index is 296. The van der Waals surface area contributed by atoms with Gasteiger partial charge in [0.1, 0.15) is 12.4 Å². The van der Waals surface area contributed by atoms with Gasteiger partial charge >= 0.3 is 0 Å². The third-order valence-electron chi connectivity index (χ3n) is 2.29. The van der Waals surface area contributed by atoms with Crippen molar-refractivity contribution in [1.82, 2.24) is 0 Å². The average molecular weight is 163 g/mol. The van der Waals surface area contributed by atoms with Crippen molar-refractivity contribution in [2.45, 2.75) is 19.4 Å². The van der Waals surface area contributed by atoms with Gasteiger partial charge in [-0.15, -0.1) is 0 Å². The highest BCUT2D eigenvalue weighted by Gasteiger charge is 2.17. The topological polar surface area (TPSA) is 35.2 Å². The zero-order valence-electron chi connectivity index (χ0n) is 7.21. The van der Waals surface area contributed by atoms with Crippen molar-refractivity contribution in [1.29, 1.82) is 0 Å². The summed E-state index contributed by atoms with van der Waals surface area (Å²) in [5, 5.41) is 0.